The van der Waals surface area contributed by atoms with Crippen LogP contribution in [-0.2, 0) is 11.2 Å². The quantitative estimate of drug-likeness (QED) is 0.826. The average Bonchev–Trinajstić information content (AvgIpc) is 2.61. The molecule has 0 aliphatic carbocycles. The van der Waals surface area contributed by atoms with Gasteiger partial charge in [0.25, 0.3) is 5.91 Å². The zero-order chi connectivity index (χ0) is 18.4. The van der Waals surface area contributed by atoms with Crippen LogP contribution in [0.2, 0.25) is 0 Å². The lowest BCUT2D eigenvalue weighted by atomic mass is 10.0. The Hall–Kier alpha value is -3.06. The predicted molar refractivity (Wildman–Crippen MR) is 95.6 cm³/mol. The molecule has 2 aromatic carbocycles. The van der Waals surface area contributed by atoms with Crippen LogP contribution in [0.5, 0.6) is 0 Å². The average molecular weight is 334 g/mol. The van der Waals surface area contributed by atoms with Gasteiger partial charge in [0.1, 0.15) is 6.04 Å². The molecule has 0 bridgehead atoms. The van der Waals surface area contributed by atoms with E-state index in [2.05, 4.69) is 5.92 Å². The minimum Gasteiger partial charge on any atom is -0.480 e. The van der Waals surface area contributed by atoms with Crippen LogP contribution < -0.4 is 0 Å². The van der Waals surface area contributed by atoms with Crippen LogP contribution >= 0.6 is 0 Å². The van der Waals surface area contributed by atoms with Crippen LogP contribution in [0.3, 0.4) is 0 Å². The molecular weight excluding hydrogens is 314 g/mol. The van der Waals surface area contributed by atoms with Gasteiger partial charge in [-0.2, -0.15) is 0 Å². The molecule has 0 spiro atoms. The number of hydrogen-bond donors (Lipinski definition) is 1. The Morgan fingerprint density at radius 1 is 1.08 bits per heavy atom. The molecule has 127 valence electrons. The van der Waals surface area contributed by atoms with E-state index in [1.807, 2.05) is 30.3 Å². The number of benzene rings is 2. The number of aliphatic carboxylic acids is 1. The molecule has 0 saturated carbocycles. The molecule has 2 aromatic rings. The van der Waals surface area contributed by atoms with Gasteiger partial charge in [0.05, 0.1) is 0 Å². The Bertz CT molecular complexity index is 773. The van der Waals surface area contributed by atoms with Crippen molar-refractivity contribution in [1.29, 1.82) is 0 Å². The number of carboxylic acids is 1. The van der Waals surface area contributed by atoms with Gasteiger partial charge in [-0.25, -0.2) is 4.79 Å². The Labute approximate surface area is 148 Å². The first kappa shape index (κ1) is 18.3. The van der Waals surface area contributed by atoms with E-state index in [9.17, 15) is 14.7 Å². The zero-order valence-corrected chi connectivity index (χ0v) is 14.3. The van der Waals surface area contributed by atoms with E-state index in [4.69, 9.17) is 6.42 Å². The van der Waals surface area contributed by atoms with Crippen molar-refractivity contribution < 1.29 is 14.7 Å². The summed E-state index contributed by atoms with van der Waals surface area (Å²) >= 11 is 0. The maximum atomic E-state index is 12.9. The highest BCUT2D eigenvalue weighted by atomic mass is 16.4. The molecule has 0 aromatic heterocycles. The molecule has 0 heterocycles. The molecule has 25 heavy (non-hydrogen) atoms. The molecule has 1 N–H and O–H groups in total. The summed E-state index contributed by atoms with van der Waals surface area (Å²) in [6.07, 6.45) is 7.34. The second-order valence-corrected chi connectivity index (χ2v) is 6.05. The van der Waals surface area contributed by atoms with E-state index in [1.54, 1.807) is 38.1 Å². The van der Waals surface area contributed by atoms with Gasteiger partial charge in [0, 0.05) is 23.6 Å². The Morgan fingerprint density at radius 2 is 1.68 bits per heavy atom. The van der Waals surface area contributed by atoms with Crippen molar-refractivity contribution in [3.05, 3.63) is 77.7 Å². The summed E-state index contributed by atoms with van der Waals surface area (Å²) in [7, 11) is 0. The summed E-state index contributed by atoms with van der Waals surface area (Å²) < 4.78 is 0. The number of carbonyl (C=O) groups is 2. The van der Waals surface area contributed by atoms with Gasteiger partial charge in [0.15, 0.2) is 0 Å². The fraction of sp³-hybridized carbons (Fsp3) is 0.238. The lowest BCUT2D eigenvalue weighted by Gasteiger charge is -2.32. The van der Waals surface area contributed by atoms with Crippen molar-refractivity contribution in [2.75, 3.05) is 0 Å². The first-order valence-corrected chi connectivity index (χ1v) is 8.06. The van der Waals surface area contributed by atoms with Crippen LogP contribution in [-0.4, -0.2) is 34.0 Å². The first-order valence-electron chi connectivity index (χ1n) is 8.06. The van der Waals surface area contributed by atoms with Gasteiger partial charge in [-0.15, -0.1) is 0 Å². The van der Waals surface area contributed by atoms with E-state index in [0.29, 0.717) is 11.1 Å². The number of amides is 1. The van der Waals surface area contributed by atoms with E-state index < -0.39 is 12.0 Å². The molecular formula is C21H20NO3. The summed E-state index contributed by atoms with van der Waals surface area (Å²) in [4.78, 5) is 26.2. The largest absolute Gasteiger partial charge is 0.480 e. The number of nitrogens with zero attached hydrogens (tertiary/aromatic N) is 1. The van der Waals surface area contributed by atoms with Crippen molar-refractivity contribution in [3.63, 3.8) is 0 Å². The number of carboxylic acid groups (broad SMARTS) is 1. The highest BCUT2D eigenvalue weighted by Gasteiger charge is 2.32. The second kappa shape index (κ2) is 8.16. The van der Waals surface area contributed by atoms with Gasteiger partial charge in [0.2, 0.25) is 0 Å². The molecule has 4 heteroatoms. The Balaban J connectivity index is 2.33. The third-order valence-electron chi connectivity index (χ3n) is 3.96. The van der Waals surface area contributed by atoms with Crippen LogP contribution in [0.1, 0.15) is 35.3 Å². The molecule has 0 fully saturated rings. The summed E-state index contributed by atoms with van der Waals surface area (Å²) in [5.41, 5.74) is 1.82. The molecule has 0 aliphatic rings. The third-order valence-corrected chi connectivity index (χ3v) is 3.96. The number of hydrogen-bond acceptors (Lipinski definition) is 2. The molecule has 2 rings (SSSR count). The molecule has 0 unspecified atom stereocenters. The van der Waals surface area contributed by atoms with E-state index >= 15 is 0 Å². The molecule has 0 aliphatic heterocycles. The smallest absolute Gasteiger partial charge is 0.326 e. The fourth-order valence-electron chi connectivity index (χ4n) is 2.72. The van der Waals surface area contributed by atoms with Crippen molar-refractivity contribution in [2.24, 2.45) is 0 Å². The molecule has 0 saturated heterocycles. The van der Waals surface area contributed by atoms with Gasteiger partial charge in [-0.05, 0) is 50.1 Å². The second-order valence-electron chi connectivity index (χ2n) is 6.05. The van der Waals surface area contributed by atoms with E-state index in [-0.39, 0.29) is 18.4 Å². The monoisotopic (exact) mass is 334 g/mol. The summed E-state index contributed by atoms with van der Waals surface area (Å²) in [6, 6.07) is 14.5. The van der Waals surface area contributed by atoms with Crippen molar-refractivity contribution in [3.8, 4) is 5.92 Å². The van der Waals surface area contributed by atoms with Crippen LogP contribution in [0.4, 0.5) is 0 Å². The highest BCUT2D eigenvalue weighted by Crippen LogP contribution is 2.17. The lowest BCUT2D eigenvalue weighted by molar-refractivity contribution is -0.143. The molecule has 4 nitrogen and oxygen atoms in total. The molecule has 1 amide bonds. The zero-order valence-electron chi connectivity index (χ0n) is 14.3. The van der Waals surface area contributed by atoms with Crippen LogP contribution in [0, 0.1) is 12.3 Å². The normalized spacial score (nSPS) is 11.6. The summed E-state index contributed by atoms with van der Waals surface area (Å²) in [5, 5.41) is 9.70. The van der Waals surface area contributed by atoms with Crippen molar-refractivity contribution >= 4 is 11.9 Å². The van der Waals surface area contributed by atoms with Crippen LogP contribution in [0.15, 0.2) is 54.6 Å². The third kappa shape index (κ3) is 4.48. The minimum atomic E-state index is -1.03. The van der Waals surface area contributed by atoms with E-state index in [0.717, 1.165) is 5.56 Å². The summed E-state index contributed by atoms with van der Waals surface area (Å²) in [6.45, 7) is 3.61. The van der Waals surface area contributed by atoms with Gasteiger partial charge in [-0.1, -0.05) is 36.3 Å². The summed E-state index contributed by atoms with van der Waals surface area (Å²) in [5.74, 6) is 0.880. The first-order chi connectivity index (χ1) is 11.9. The van der Waals surface area contributed by atoms with Gasteiger partial charge in [-0.3, -0.25) is 4.79 Å². The minimum absolute atomic E-state index is 0.243. The van der Waals surface area contributed by atoms with E-state index in [1.165, 1.54) is 4.90 Å². The highest BCUT2D eigenvalue weighted by molar-refractivity contribution is 5.97. The SMILES string of the molecule is [C]#Cc1ccc(C(=O)N(C(C)C)[C@@H](Cc2ccccc2)C(=O)O)cc1. The maximum absolute atomic E-state index is 12.9. The molecule has 1 radical (unpaired) electrons. The van der Waals surface area contributed by atoms with Gasteiger partial charge < -0.3 is 10.0 Å². The lowest BCUT2D eigenvalue weighted by Crippen LogP contribution is -2.50. The van der Waals surface area contributed by atoms with Crippen LogP contribution in [0.25, 0.3) is 0 Å². The predicted octanol–water partition coefficient (Wildman–Crippen LogP) is 3.17. The van der Waals surface area contributed by atoms with Gasteiger partial charge >= 0.3 is 5.97 Å². The van der Waals surface area contributed by atoms with Crippen molar-refractivity contribution in [1.82, 2.24) is 4.90 Å². The van der Waals surface area contributed by atoms with Crippen molar-refractivity contribution in [2.45, 2.75) is 32.4 Å². The Morgan fingerprint density at radius 3 is 2.16 bits per heavy atom. The standard InChI is InChI=1S/C21H20NO3/c1-4-16-10-12-18(13-11-16)20(23)22(15(2)3)19(21(24)25)14-17-8-6-5-7-9-17/h5-13,15,19H,14H2,2-3H3,(H,24,25)/t19-/m0/s1. The maximum Gasteiger partial charge on any atom is 0.326 e. The number of carbonyl (C=O) groups excluding carboxylic acids is 1. The fourth-order valence-corrected chi connectivity index (χ4v) is 2.72. The Kier molecular flexibility index (Phi) is 5.97. The number of rotatable bonds is 6. The molecule has 1 atom stereocenters. The topological polar surface area (TPSA) is 57.6 Å².